The second kappa shape index (κ2) is 10.8. The van der Waals surface area contributed by atoms with Crippen LogP contribution in [-0.2, 0) is 9.16 Å². The average molecular weight is 559 g/mol. The van der Waals surface area contributed by atoms with Crippen LogP contribution in [-0.4, -0.2) is 50.8 Å². The maximum atomic E-state index is 12.2. The summed E-state index contributed by atoms with van der Waals surface area (Å²) in [4.78, 5) is 18.4. The summed E-state index contributed by atoms with van der Waals surface area (Å²) >= 11 is 2.28. The molecule has 0 atom stereocenters. The minimum atomic E-state index is -1.73. The number of halogens is 1. The SMILES string of the molecule is C=C(N=Cc1cc(I)ccc1OCC1CCN(C(=O)OC(C)(C)C)CC1)O[Si](C)(C)C. The lowest BCUT2D eigenvalue weighted by Crippen LogP contribution is -2.42. The number of rotatable bonds is 7. The smallest absolute Gasteiger partial charge is 0.410 e. The Morgan fingerprint density at radius 2 is 1.94 bits per heavy atom. The molecule has 0 N–H and O–H groups in total. The summed E-state index contributed by atoms with van der Waals surface area (Å²) in [6, 6.07) is 6.03. The van der Waals surface area contributed by atoms with Crippen LogP contribution in [0.2, 0.25) is 19.6 Å². The van der Waals surface area contributed by atoms with E-state index in [0.717, 1.165) is 27.7 Å². The number of amides is 1. The van der Waals surface area contributed by atoms with Gasteiger partial charge in [-0.05, 0) is 107 Å². The first-order chi connectivity index (χ1) is 14.3. The number of aliphatic imine (C=N–C) groups is 1. The molecular weight excluding hydrogens is 523 g/mol. The molecule has 1 aromatic carbocycles. The van der Waals surface area contributed by atoms with Gasteiger partial charge in [0, 0.05) is 28.4 Å². The van der Waals surface area contributed by atoms with Crippen LogP contribution in [0, 0.1) is 9.49 Å². The molecule has 2 rings (SSSR count). The lowest BCUT2D eigenvalue weighted by Gasteiger charge is -2.33. The second-order valence-electron chi connectivity index (χ2n) is 9.77. The van der Waals surface area contributed by atoms with Crippen molar-refractivity contribution in [3.8, 4) is 5.75 Å². The van der Waals surface area contributed by atoms with E-state index >= 15 is 0 Å². The highest BCUT2D eigenvalue weighted by Crippen LogP contribution is 2.24. The minimum absolute atomic E-state index is 0.233. The molecule has 8 heteroatoms. The lowest BCUT2D eigenvalue weighted by atomic mass is 9.98. The van der Waals surface area contributed by atoms with Gasteiger partial charge in [0.2, 0.25) is 8.32 Å². The Kier molecular flexibility index (Phi) is 8.99. The number of nitrogens with zero attached hydrogens (tertiary/aromatic N) is 2. The Hall–Kier alpha value is -1.55. The maximum Gasteiger partial charge on any atom is 0.410 e. The third-order valence-corrected chi connectivity index (χ3v) is 6.00. The van der Waals surface area contributed by atoms with E-state index in [4.69, 9.17) is 13.9 Å². The largest absolute Gasteiger partial charge is 0.532 e. The summed E-state index contributed by atoms with van der Waals surface area (Å²) in [6.07, 6.45) is 3.32. The summed E-state index contributed by atoms with van der Waals surface area (Å²) in [5, 5.41) is 0. The molecule has 172 valence electrons. The van der Waals surface area contributed by atoms with Crippen LogP contribution in [0.25, 0.3) is 0 Å². The summed E-state index contributed by atoms with van der Waals surface area (Å²) in [5.41, 5.74) is 0.434. The predicted molar refractivity (Wildman–Crippen MR) is 136 cm³/mol. The van der Waals surface area contributed by atoms with E-state index < -0.39 is 13.9 Å². The fourth-order valence-corrected chi connectivity index (χ4v) is 4.36. The number of likely N-dealkylation sites (tertiary alicyclic amines) is 1. The van der Waals surface area contributed by atoms with Crippen molar-refractivity contribution in [2.75, 3.05) is 19.7 Å². The average Bonchev–Trinajstić information content (AvgIpc) is 2.63. The molecule has 0 saturated carbocycles. The van der Waals surface area contributed by atoms with E-state index in [1.165, 1.54) is 0 Å². The van der Waals surface area contributed by atoms with Gasteiger partial charge in [-0.2, -0.15) is 0 Å². The Morgan fingerprint density at radius 1 is 1.29 bits per heavy atom. The van der Waals surface area contributed by atoms with Crippen LogP contribution in [0.1, 0.15) is 39.2 Å². The van der Waals surface area contributed by atoms with Gasteiger partial charge < -0.3 is 18.8 Å². The van der Waals surface area contributed by atoms with Gasteiger partial charge in [0.25, 0.3) is 0 Å². The quantitative estimate of drug-likeness (QED) is 0.177. The van der Waals surface area contributed by atoms with E-state index in [1.807, 2.05) is 39.0 Å². The molecule has 0 spiro atoms. The third kappa shape index (κ3) is 9.63. The van der Waals surface area contributed by atoms with Crippen LogP contribution in [0.4, 0.5) is 4.79 Å². The first kappa shape index (κ1) is 25.7. The Morgan fingerprint density at radius 3 is 2.52 bits per heavy atom. The van der Waals surface area contributed by atoms with Crippen molar-refractivity contribution >= 4 is 43.2 Å². The topological polar surface area (TPSA) is 60.4 Å². The van der Waals surface area contributed by atoms with E-state index in [1.54, 1.807) is 11.1 Å². The molecule has 1 aromatic rings. The maximum absolute atomic E-state index is 12.2. The van der Waals surface area contributed by atoms with Crippen molar-refractivity contribution in [3.05, 3.63) is 39.8 Å². The van der Waals surface area contributed by atoms with Gasteiger partial charge in [0.1, 0.15) is 11.4 Å². The van der Waals surface area contributed by atoms with Gasteiger partial charge >= 0.3 is 6.09 Å². The molecule has 1 heterocycles. The number of carbonyl (C=O) groups excluding carboxylic acids is 1. The molecular formula is C23H35IN2O4Si. The van der Waals surface area contributed by atoms with Crippen molar-refractivity contribution < 1.29 is 18.7 Å². The Balaban J connectivity index is 1.92. The molecule has 0 aromatic heterocycles. The highest BCUT2D eigenvalue weighted by atomic mass is 127. The van der Waals surface area contributed by atoms with Crippen molar-refractivity contribution in [2.24, 2.45) is 10.9 Å². The van der Waals surface area contributed by atoms with E-state index in [9.17, 15) is 4.79 Å². The molecule has 0 aliphatic carbocycles. The second-order valence-corrected chi connectivity index (χ2v) is 15.4. The molecule has 0 bridgehead atoms. The van der Waals surface area contributed by atoms with Crippen molar-refractivity contribution in [2.45, 2.75) is 58.9 Å². The first-order valence-electron chi connectivity index (χ1n) is 10.6. The molecule has 0 unspecified atom stereocenters. The fourth-order valence-electron chi connectivity index (χ4n) is 3.09. The zero-order chi connectivity index (χ0) is 23.2. The fraction of sp³-hybridized carbons (Fsp3) is 0.565. The van der Waals surface area contributed by atoms with Crippen LogP contribution in [0.3, 0.4) is 0 Å². The monoisotopic (exact) mass is 558 g/mol. The Labute approximate surface area is 201 Å². The Bertz CT molecular complexity index is 807. The van der Waals surface area contributed by atoms with E-state index in [-0.39, 0.29) is 6.09 Å². The van der Waals surface area contributed by atoms with Gasteiger partial charge in [0.05, 0.1) is 6.61 Å². The molecule has 31 heavy (non-hydrogen) atoms. The first-order valence-corrected chi connectivity index (χ1v) is 15.1. The van der Waals surface area contributed by atoms with Gasteiger partial charge in [-0.1, -0.05) is 0 Å². The van der Waals surface area contributed by atoms with Crippen LogP contribution in [0.15, 0.2) is 35.7 Å². The van der Waals surface area contributed by atoms with Crippen LogP contribution >= 0.6 is 22.6 Å². The van der Waals surface area contributed by atoms with E-state index in [0.29, 0.717) is 31.5 Å². The molecule has 0 radical (unpaired) electrons. The third-order valence-electron chi connectivity index (χ3n) is 4.48. The van der Waals surface area contributed by atoms with Crippen LogP contribution < -0.4 is 4.74 Å². The highest BCUT2D eigenvalue weighted by molar-refractivity contribution is 14.1. The summed E-state index contributed by atoms with van der Waals surface area (Å²) < 4.78 is 18.5. The molecule has 1 amide bonds. The molecule has 1 aliphatic heterocycles. The van der Waals surface area contributed by atoms with Crippen molar-refractivity contribution in [3.63, 3.8) is 0 Å². The number of piperidine rings is 1. The zero-order valence-electron chi connectivity index (χ0n) is 19.5. The molecule has 1 aliphatic rings. The summed E-state index contributed by atoms with van der Waals surface area (Å²) in [6.45, 7) is 17.9. The molecule has 1 saturated heterocycles. The minimum Gasteiger partial charge on any atom is -0.532 e. The van der Waals surface area contributed by atoms with Crippen LogP contribution in [0.5, 0.6) is 5.75 Å². The lowest BCUT2D eigenvalue weighted by molar-refractivity contribution is 0.0165. The van der Waals surface area contributed by atoms with Gasteiger partial charge in [-0.3, -0.25) is 0 Å². The number of carbonyl (C=O) groups is 1. The van der Waals surface area contributed by atoms with Gasteiger partial charge in [0.15, 0.2) is 5.88 Å². The molecule has 6 nitrogen and oxygen atoms in total. The zero-order valence-corrected chi connectivity index (χ0v) is 22.7. The van der Waals surface area contributed by atoms with Gasteiger partial charge in [-0.15, -0.1) is 0 Å². The summed E-state index contributed by atoms with van der Waals surface area (Å²) in [5.74, 6) is 1.62. The molecule has 1 fully saturated rings. The number of ether oxygens (including phenoxy) is 2. The number of hydrogen-bond donors (Lipinski definition) is 0. The predicted octanol–water partition coefficient (Wildman–Crippen LogP) is 6.06. The van der Waals surface area contributed by atoms with Gasteiger partial charge in [-0.25, -0.2) is 9.79 Å². The standard InChI is InChI=1S/C23H35IN2O4Si/c1-17(30-31(5,6)7)25-15-19-14-20(24)8-9-21(19)28-16-18-10-12-26(13-11-18)22(27)29-23(2,3)4/h8-9,14-15,18H,1,10-13,16H2,2-7H3. The van der Waals surface area contributed by atoms with E-state index in [2.05, 4.69) is 53.8 Å². The van der Waals surface area contributed by atoms with Crippen molar-refractivity contribution in [1.82, 2.24) is 4.90 Å². The van der Waals surface area contributed by atoms with Crippen molar-refractivity contribution in [1.29, 1.82) is 0 Å². The highest BCUT2D eigenvalue weighted by Gasteiger charge is 2.27. The number of hydrogen-bond acceptors (Lipinski definition) is 5. The number of benzene rings is 1. The summed E-state index contributed by atoms with van der Waals surface area (Å²) in [7, 11) is -1.73. The normalized spacial score (nSPS) is 15.8.